The van der Waals surface area contributed by atoms with E-state index >= 15 is 0 Å². The summed E-state index contributed by atoms with van der Waals surface area (Å²) in [7, 11) is 0. The van der Waals surface area contributed by atoms with E-state index in [-0.39, 0.29) is 17.2 Å². The topological polar surface area (TPSA) is 35.6 Å². The number of para-hydroxylation sites is 4. The van der Waals surface area contributed by atoms with E-state index in [0.717, 1.165) is 83.7 Å². The lowest BCUT2D eigenvalue weighted by atomic mass is 9.93. The average molecular weight is 927 g/mol. The van der Waals surface area contributed by atoms with E-state index in [9.17, 15) is 26.3 Å². The molecule has 0 N–H and O–H groups in total. The van der Waals surface area contributed by atoms with Crippen LogP contribution in [0.25, 0.3) is 111 Å². The van der Waals surface area contributed by atoms with Crippen molar-refractivity contribution in [2.45, 2.75) is 12.4 Å². The Kier molecular flexibility index (Phi) is 10.0. The van der Waals surface area contributed by atoms with Gasteiger partial charge in [-0.05, 0) is 71.8 Å². The number of rotatable bonds is 7. The highest BCUT2D eigenvalue weighted by atomic mass is 19.4. The first-order chi connectivity index (χ1) is 34.0. The molecule has 338 valence electrons. The van der Waals surface area contributed by atoms with Crippen molar-refractivity contribution in [2.24, 2.45) is 0 Å². The minimum atomic E-state index is -5.06. The minimum absolute atomic E-state index is 0.130. The van der Waals surface area contributed by atoms with Gasteiger partial charge < -0.3 is 9.13 Å². The second-order valence-corrected chi connectivity index (χ2v) is 17.1. The number of aromatic nitrogens is 4. The Morgan fingerprint density at radius 2 is 0.843 bits per heavy atom. The molecule has 10 heteroatoms. The molecule has 12 aromatic rings. The van der Waals surface area contributed by atoms with E-state index < -0.39 is 23.5 Å². The highest BCUT2D eigenvalue weighted by Crippen LogP contribution is 2.47. The smallest absolute Gasteiger partial charge is 0.309 e. The fraction of sp³-hybridized carbons (Fsp3) is 0.0333. The summed E-state index contributed by atoms with van der Waals surface area (Å²) in [6, 6.07) is 67.1. The summed E-state index contributed by atoms with van der Waals surface area (Å²) in [5.41, 5.74) is 7.81. The van der Waals surface area contributed by atoms with Crippen LogP contribution in [0.5, 0.6) is 0 Å². The van der Waals surface area contributed by atoms with Gasteiger partial charge in [0.2, 0.25) is 0 Å². The molecule has 0 atom stereocenters. The Morgan fingerprint density at radius 1 is 0.329 bits per heavy atom. The van der Waals surface area contributed by atoms with Gasteiger partial charge in [0.1, 0.15) is 0 Å². The summed E-state index contributed by atoms with van der Waals surface area (Å²) in [4.78, 5) is 10.4. The highest BCUT2D eigenvalue weighted by molar-refractivity contribution is 6.13. The van der Waals surface area contributed by atoms with Crippen LogP contribution in [0.1, 0.15) is 11.1 Å². The normalized spacial score (nSPS) is 12.1. The number of nitrogens with zero attached hydrogens (tertiary/aromatic N) is 4. The van der Waals surface area contributed by atoms with Crippen LogP contribution >= 0.6 is 0 Å². The number of hydrogen-bond donors (Lipinski definition) is 0. The fourth-order valence-corrected chi connectivity index (χ4v) is 9.95. The monoisotopic (exact) mass is 926 g/mol. The van der Waals surface area contributed by atoms with E-state index in [1.807, 2.05) is 140 Å². The standard InChI is InChI=1S/C60H36F6N4/c61-59(62,63)40-31-32-41(48(35-40)60(64,65)66)39-30-33-55-47(34-39)44-22-9-13-27-53(44)70(55)56-29-15-24-45(50-36-49(37-16-3-1-4-17-37)67-58(68-50)38-18-5-2-6-19-38)57(56)46-23-10-14-28-54(46)69-51-25-11-7-20-42(51)43-21-8-12-26-52(43)69/h1-36H. The molecular formula is C60H36F6N4. The SMILES string of the molecule is FC(F)(F)c1ccc(-c2ccc3c(c2)c2ccccc2n3-c2cccc(-c3cc(-c4ccccc4)nc(-c4ccccc4)n3)c2-c2ccccc2-n2c3ccccc3c3ccccc32)c(C(F)(F)F)c1. The Balaban J connectivity index is 1.17. The maximum atomic E-state index is 14.6. The summed E-state index contributed by atoms with van der Waals surface area (Å²) in [6.07, 6.45) is -10.0. The van der Waals surface area contributed by atoms with Crippen molar-refractivity contribution in [1.82, 2.24) is 19.1 Å². The molecule has 70 heavy (non-hydrogen) atoms. The molecule has 0 radical (unpaired) electrons. The Labute approximate surface area is 397 Å². The van der Waals surface area contributed by atoms with Crippen molar-refractivity contribution in [3.05, 3.63) is 230 Å². The van der Waals surface area contributed by atoms with Crippen molar-refractivity contribution in [1.29, 1.82) is 0 Å². The lowest BCUT2D eigenvalue weighted by molar-refractivity contribution is -0.142. The molecule has 0 bridgehead atoms. The largest absolute Gasteiger partial charge is 0.417 e. The zero-order valence-corrected chi connectivity index (χ0v) is 36.8. The van der Waals surface area contributed by atoms with Crippen molar-refractivity contribution >= 4 is 43.6 Å². The third-order valence-electron chi connectivity index (χ3n) is 13.0. The van der Waals surface area contributed by atoms with Crippen LogP contribution in [0.3, 0.4) is 0 Å². The van der Waals surface area contributed by atoms with E-state index in [4.69, 9.17) is 9.97 Å². The van der Waals surface area contributed by atoms with E-state index in [1.54, 1.807) is 18.2 Å². The Hall–Kier alpha value is -8.76. The Bertz CT molecular complexity index is 3870. The second kappa shape index (κ2) is 16.5. The number of fused-ring (bicyclic) bond motifs is 6. The molecule has 0 saturated heterocycles. The molecule has 0 aliphatic carbocycles. The molecular weight excluding hydrogens is 891 g/mol. The van der Waals surface area contributed by atoms with Gasteiger partial charge in [-0.3, -0.25) is 0 Å². The van der Waals surface area contributed by atoms with Crippen molar-refractivity contribution in [2.75, 3.05) is 0 Å². The second-order valence-electron chi connectivity index (χ2n) is 17.1. The Morgan fingerprint density at radius 3 is 1.49 bits per heavy atom. The summed E-state index contributed by atoms with van der Waals surface area (Å²) in [5.74, 6) is 0.537. The number of hydrogen-bond acceptors (Lipinski definition) is 2. The molecule has 0 spiro atoms. The van der Waals surface area contributed by atoms with Crippen LogP contribution < -0.4 is 0 Å². The van der Waals surface area contributed by atoms with Crippen LogP contribution in [0, 0.1) is 0 Å². The maximum absolute atomic E-state index is 14.6. The zero-order valence-electron chi connectivity index (χ0n) is 36.8. The predicted molar refractivity (Wildman–Crippen MR) is 268 cm³/mol. The lowest BCUT2D eigenvalue weighted by Crippen LogP contribution is -2.12. The van der Waals surface area contributed by atoms with Crippen molar-refractivity contribution < 1.29 is 26.3 Å². The van der Waals surface area contributed by atoms with Gasteiger partial charge >= 0.3 is 12.4 Å². The molecule has 3 aromatic heterocycles. The van der Waals surface area contributed by atoms with E-state index in [2.05, 4.69) is 51.6 Å². The van der Waals surface area contributed by atoms with E-state index in [0.29, 0.717) is 28.5 Å². The zero-order chi connectivity index (χ0) is 47.7. The van der Waals surface area contributed by atoms with Gasteiger partial charge in [0.15, 0.2) is 5.82 Å². The molecule has 3 heterocycles. The first kappa shape index (κ1) is 42.6. The van der Waals surface area contributed by atoms with Gasteiger partial charge in [-0.25, -0.2) is 9.97 Å². The van der Waals surface area contributed by atoms with Crippen LogP contribution in [0.4, 0.5) is 26.3 Å². The van der Waals surface area contributed by atoms with Gasteiger partial charge in [0, 0.05) is 49.4 Å². The summed E-state index contributed by atoms with van der Waals surface area (Å²) in [6.45, 7) is 0. The van der Waals surface area contributed by atoms with Gasteiger partial charge in [-0.1, -0.05) is 158 Å². The number of halogens is 6. The molecule has 9 aromatic carbocycles. The van der Waals surface area contributed by atoms with Gasteiger partial charge in [0.05, 0.1) is 56.0 Å². The lowest BCUT2D eigenvalue weighted by Gasteiger charge is -2.22. The van der Waals surface area contributed by atoms with Crippen molar-refractivity contribution in [3.8, 4) is 67.5 Å². The molecule has 0 aliphatic heterocycles. The summed E-state index contributed by atoms with van der Waals surface area (Å²) in [5, 5.41) is 3.55. The van der Waals surface area contributed by atoms with Crippen molar-refractivity contribution in [3.63, 3.8) is 0 Å². The molecule has 12 rings (SSSR count). The van der Waals surface area contributed by atoms with Gasteiger partial charge in [-0.2, -0.15) is 26.3 Å². The fourth-order valence-electron chi connectivity index (χ4n) is 9.95. The third-order valence-corrected chi connectivity index (χ3v) is 13.0. The predicted octanol–water partition coefficient (Wildman–Crippen LogP) is 17.0. The van der Waals surface area contributed by atoms with Gasteiger partial charge in [0.25, 0.3) is 0 Å². The molecule has 0 unspecified atom stereocenters. The summed E-state index contributed by atoms with van der Waals surface area (Å²) >= 11 is 0. The molecule has 0 aliphatic rings. The number of benzene rings is 9. The quantitative estimate of drug-likeness (QED) is 0.149. The molecule has 0 fully saturated rings. The van der Waals surface area contributed by atoms with Gasteiger partial charge in [-0.15, -0.1) is 0 Å². The molecule has 0 amide bonds. The minimum Gasteiger partial charge on any atom is -0.309 e. The van der Waals surface area contributed by atoms with Crippen LogP contribution in [-0.4, -0.2) is 19.1 Å². The van der Waals surface area contributed by atoms with Crippen LogP contribution in [0.15, 0.2) is 218 Å². The van der Waals surface area contributed by atoms with E-state index in [1.165, 1.54) is 0 Å². The average Bonchev–Trinajstić information content (AvgIpc) is 3.90. The first-order valence-electron chi connectivity index (χ1n) is 22.5. The first-order valence-corrected chi connectivity index (χ1v) is 22.5. The number of alkyl halides is 6. The van der Waals surface area contributed by atoms with Crippen LogP contribution in [0.2, 0.25) is 0 Å². The highest BCUT2D eigenvalue weighted by Gasteiger charge is 2.38. The molecule has 0 saturated carbocycles. The molecule has 4 nitrogen and oxygen atoms in total. The summed E-state index contributed by atoms with van der Waals surface area (Å²) < 4.78 is 89.7. The maximum Gasteiger partial charge on any atom is 0.417 e. The van der Waals surface area contributed by atoms with Crippen LogP contribution in [-0.2, 0) is 12.4 Å². The third kappa shape index (κ3) is 7.18.